The molecule has 0 spiro atoms. The van der Waals surface area contributed by atoms with E-state index in [4.69, 9.17) is 5.11 Å². The van der Waals surface area contributed by atoms with E-state index >= 15 is 0 Å². The number of hydrogen-bond donors (Lipinski definition) is 2. The van der Waals surface area contributed by atoms with Crippen molar-refractivity contribution in [3.8, 4) is 0 Å². The summed E-state index contributed by atoms with van der Waals surface area (Å²) in [4.78, 5) is 27.9. The van der Waals surface area contributed by atoms with E-state index in [1.165, 1.54) is 24.3 Å². The zero-order chi connectivity index (χ0) is 10.1. The molecule has 2 aromatic rings. The predicted molar refractivity (Wildman–Crippen MR) is 49.3 cm³/mol. The molecule has 0 aliphatic carbocycles. The van der Waals surface area contributed by atoms with Crippen molar-refractivity contribution in [2.24, 2.45) is 0 Å². The summed E-state index contributed by atoms with van der Waals surface area (Å²) in [6.45, 7) is 0. The lowest BCUT2D eigenvalue weighted by atomic mass is 10.3. The lowest BCUT2D eigenvalue weighted by Gasteiger charge is -1.97. The Kier molecular flexibility index (Phi) is 1.78. The average molecular weight is 190 g/mol. The molecule has 2 N–H and O–H groups in total. The number of nitrogens with one attached hydrogen (secondary N) is 1. The maximum absolute atomic E-state index is 10.9. The second kappa shape index (κ2) is 2.95. The van der Waals surface area contributed by atoms with Gasteiger partial charge in [-0.15, -0.1) is 0 Å². The van der Waals surface area contributed by atoms with Gasteiger partial charge in [0.05, 0.1) is 11.0 Å². The van der Waals surface area contributed by atoms with Crippen LogP contribution in [0.3, 0.4) is 0 Å². The average Bonchev–Trinajstić information content (AvgIpc) is 2.16. The second-order valence-corrected chi connectivity index (χ2v) is 2.76. The monoisotopic (exact) mass is 190 g/mol. The van der Waals surface area contributed by atoms with Gasteiger partial charge in [0.15, 0.2) is 0 Å². The van der Waals surface area contributed by atoms with Gasteiger partial charge in [0.1, 0.15) is 5.69 Å². The molecule has 0 amide bonds. The largest absolute Gasteiger partial charge is 0.477 e. The Bertz CT molecular complexity index is 559. The summed E-state index contributed by atoms with van der Waals surface area (Å²) in [5.41, 5.74) is 0.721. The van der Waals surface area contributed by atoms with E-state index in [1.54, 1.807) is 0 Å². The third-order valence-corrected chi connectivity index (χ3v) is 1.79. The summed E-state index contributed by atoms with van der Waals surface area (Å²) in [7, 11) is 0. The summed E-state index contributed by atoms with van der Waals surface area (Å²) < 4.78 is 0. The molecule has 0 bridgehead atoms. The van der Waals surface area contributed by atoms with Crippen LogP contribution in [0.25, 0.3) is 11.0 Å². The zero-order valence-electron chi connectivity index (χ0n) is 7.02. The molecule has 0 unspecified atom stereocenters. The third-order valence-electron chi connectivity index (χ3n) is 1.79. The highest BCUT2D eigenvalue weighted by molar-refractivity contribution is 5.88. The molecule has 14 heavy (non-hydrogen) atoms. The van der Waals surface area contributed by atoms with Crippen molar-refractivity contribution in [3.63, 3.8) is 0 Å². The highest BCUT2D eigenvalue weighted by atomic mass is 16.4. The highest BCUT2D eigenvalue weighted by Crippen LogP contribution is 2.07. The molecule has 0 radical (unpaired) electrons. The minimum atomic E-state index is -1.09. The van der Waals surface area contributed by atoms with E-state index in [0.29, 0.717) is 11.0 Å². The van der Waals surface area contributed by atoms with Crippen LogP contribution in [-0.2, 0) is 0 Å². The molecule has 5 heteroatoms. The van der Waals surface area contributed by atoms with Gasteiger partial charge in [-0.2, -0.15) is 0 Å². The van der Waals surface area contributed by atoms with Crippen molar-refractivity contribution in [2.75, 3.05) is 0 Å². The Morgan fingerprint density at radius 2 is 2.07 bits per heavy atom. The molecule has 2 heterocycles. The van der Waals surface area contributed by atoms with Crippen LogP contribution in [0.5, 0.6) is 0 Å². The van der Waals surface area contributed by atoms with Crippen LogP contribution in [0.1, 0.15) is 10.5 Å². The van der Waals surface area contributed by atoms with Gasteiger partial charge in [-0.05, 0) is 18.2 Å². The number of aromatic carboxylic acids is 1. The van der Waals surface area contributed by atoms with E-state index in [1.807, 2.05) is 0 Å². The quantitative estimate of drug-likeness (QED) is 0.690. The van der Waals surface area contributed by atoms with E-state index in [0.717, 1.165) is 0 Å². The number of carbonyl (C=O) groups is 1. The van der Waals surface area contributed by atoms with Gasteiger partial charge in [-0.3, -0.25) is 4.79 Å². The van der Waals surface area contributed by atoms with Crippen LogP contribution in [0, 0.1) is 0 Å². The number of aromatic amines is 1. The third kappa shape index (κ3) is 1.35. The van der Waals surface area contributed by atoms with Crippen molar-refractivity contribution in [1.82, 2.24) is 9.97 Å². The molecule has 0 fully saturated rings. The molecule has 0 saturated carbocycles. The topological polar surface area (TPSA) is 83.0 Å². The number of carboxylic acid groups (broad SMARTS) is 1. The Hall–Kier alpha value is -2.17. The number of H-pyrrole nitrogens is 1. The summed E-state index contributed by atoms with van der Waals surface area (Å²) in [6.07, 6.45) is 0. The Labute approximate surface area is 78.0 Å². The summed E-state index contributed by atoms with van der Waals surface area (Å²) in [5.74, 6) is -1.09. The second-order valence-electron chi connectivity index (χ2n) is 2.76. The smallest absolute Gasteiger partial charge is 0.354 e. The molecule has 2 rings (SSSR count). The number of hydrogen-bond acceptors (Lipinski definition) is 3. The number of aromatic nitrogens is 2. The fraction of sp³-hybridized carbons (Fsp3) is 0. The fourth-order valence-electron chi connectivity index (χ4n) is 1.16. The normalized spacial score (nSPS) is 10.3. The van der Waals surface area contributed by atoms with Gasteiger partial charge in [0.25, 0.3) is 0 Å². The van der Waals surface area contributed by atoms with Gasteiger partial charge in [0, 0.05) is 6.07 Å². The lowest BCUT2D eigenvalue weighted by molar-refractivity contribution is 0.0691. The van der Waals surface area contributed by atoms with Crippen LogP contribution < -0.4 is 5.56 Å². The number of nitrogens with zero attached hydrogens (tertiary/aromatic N) is 1. The molecule has 2 aromatic heterocycles. The van der Waals surface area contributed by atoms with Crippen molar-refractivity contribution in [3.05, 3.63) is 40.3 Å². The molecule has 0 saturated heterocycles. The first kappa shape index (κ1) is 8.43. The van der Waals surface area contributed by atoms with Crippen LogP contribution in [0.4, 0.5) is 0 Å². The lowest BCUT2D eigenvalue weighted by Crippen LogP contribution is -2.05. The maximum Gasteiger partial charge on any atom is 0.354 e. The van der Waals surface area contributed by atoms with E-state index < -0.39 is 5.97 Å². The zero-order valence-corrected chi connectivity index (χ0v) is 7.02. The molecule has 70 valence electrons. The first-order valence-electron chi connectivity index (χ1n) is 3.90. The molecule has 0 aliphatic heterocycles. The SMILES string of the molecule is O=C(O)c1ccc2[nH]c(=O)ccc2n1. The molecule has 0 atom stereocenters. The van der Waals surface area contributed by atoms with Gasteiger partial charge >= 0.3 is 5.97 Å². The summed E-state index contributed by atoms with van der Waals surface area (Å²) >= 11 is 0. The van der Waals surface area contributed by atoms with Crippen LogP contribution in [0.15, 0.2) is 29.1 Å². The molecular formula is C9H6N2O3. The molecule has 5 nitrogen and oxygen atoms in total. The number of pyridine rings is 2. The minimum Gasteiger partial charge on any atom is -0.477 e. The number of fused-ring (bicyclic) bond motifs is 1. The highest BCUT2D eigenvalue weighted by Gasteiger charge is 2.04. The van der Waals surface area contributed by atoms with Gasteiger partial charge in [0.2, 0.25) is 5.56 Å². The van der Waals surface area contributed by atoms with Crippen LogP contribution in [-0.4, -0.2) is 21.0 Å². The maximum atomic E-state index is 10.9. The van der Waals surface area contributed by atoms with Crippen molar-refractivity contribution in [2.45, 2.75) is 0 Å². The number of rotatable bonds is 1. The Morgan fingerprint density at radius 3 is 2.79 bits per heavy atom. The standard InChI is InChI=1S/C9H6N2O3/c12-8-4-3-5-6(11-8)1-2-7(10-5)9(13)14/h1-4H,(H,11,12)(H,13,14). The van der Waals surface area contributed by atoms with E-state index in [-0.39, 0.29) is 11.3 Å². The summed E-state index contributed by atoms with van der Waals surface area (Å²) in [5, 5.41) is 8.66. The first-order chi connectivity index (χ1) is 6.66. The van der Waals surface area contributed by atoms with Crippen molar-refractivity contribution < 1.29 is 9.90 Å². The van der Waals surface area contributed by atoms with E-state index in [9.17, 15) is 9.59 Å². The molecule has 0 aromatic carbocycles. The first-order valence-corrected chi connectivity index (χ1v) is 3.90. The van der Waals surface area contributed by atoms with Crippen molar-refractivity contribution in [1.29, 1.82) is 0 Å². The molecule has 0 aliphatic rings. The van der Waals surface area contributed by atoms with Gasteiger partial charge < -0.3 is 10.1 Å². The van der Waals surface area contributed by atoms with E-state index in [2.05, 4.69) is 9.97 Å². The van der Waals surface area contributed by atoms with Gasteiger partial charge in [-0.25, -0.2) is 9.78 Å². The predicted octanol–water partition coefficient (Wildman–Crippen LogP) is 0.621. The minimum absolute atomic E-state index is 0.0375. The fourth-order valence-corrected chi connectivity index (χ4v) is 1.16. The Balaban J connectivity index is 2.73. The van der Waals surface area contributed by atoms with Crippen molar-refractivity contribution >= 4 is 17.0 Å². The summed E-state index contributed by atoms with van der Waals surface area (Å²) in [6, 6.07) is 5.66. The Morgan fingerprint density at radius 1 is 1.29 bits per heavy atom. The molecular weight excluding hydrogens is 184 g/mol. The van der Waals surface area contributed by atoms with Crippen LogP contribution in [0.2, 0.25) is 0 Å². The van der Waals surface area contributed by atoms with Crippen LogP contribution >= 0.6 is 0 Å². The van der Waals surface area contributed by atoms with Gasteiger partial charge in [-0.1, -0.05) is 0 Å². The number of carboxylic acids is 1.